The van der Waals surface area contributed by atoms with Crippen LogP contribution in [0.3, 0.4) is 0 Å². The molecular formula is C43H41N3O6. The van der Waals surface area contributed by atoms with Gasteiger partial charge in [-0.25, -0.2) is 0 Å². The van der Waals surface area contributed by atoms with Crippen LogP contribution in [0.15, 0.2) is 91.0 Å². The molecule has 9 heteroatoms. The average Bonchev–Trinajstić information content (AvgIpc) is 3.48. The number of amides is 3. The van der Waals surface area contributed by atoms with Gasteiger partial charge in [-0.2, -0.15) is 0 Å². The van der Waals surface area contributed by atoms with Crippen LogP contribution in [-0.4, -0.2) is 71.5 Å². The maximum Gasteiger partial charge on any atom is 0.255 e. The van der Waals surface area contributed by atoms with E-state index in [1.54, 1.807) is 23.1 Å². The monoisotopic (exact) mass is 695 g/mol. The molecule has 4 aliphatic heterocycles. The molecule has 0 aromatic heterocycles. The Morgan fingerprint density at radius 3 is 2.56 bits per heavy atom. The summed E-state index contributed by atoms with van der Waals surface area (Å²) in [5, 5.41) is 12.4. The van der Waals surface area contributed by atoms with Gasteiger partial charge in [-0.15, -0.1) is 0 Å². The van der Waals surface area contributed by atoms with Crippen LogP contribution < -0.4 is 14.8 Å². The second-order valence-corrected chi connectivity index (χ2v) is 14.1. The first-order chi connectivity index (χ1) is 25.4. The van der Waals surface area contributed by atoms with E-state index >= 15 is 0 Å². The molecule has 0 saturated carbocycles. The Kier molecular flexibility index (Phi) is 9.40. The molecule has 9 nitrogen and oxygen atoms in total. The SMILES string of the molecule is O=C1CCC(N2Cc3c(C#CCCC4CN(CCOc5ccc([C@@H]6c7ccc(O)cc7OC[C@@H]6c6ccccc6)cc5)C4)cccc3C2=O)C(=O)N1. The molecule has 4 aromatic rings. The molecular weight excluding hydrogens is 654 g/mol. The normalized spacial score (nSPS) is 21.3. The van der Waals surface area contributed by atoms with E-state index in [1.165, 1.54) is 11.1 Å². The van der Waals surface area contributed by atoms with Gasteiger partial charge in [0, 0.05) is 73.6 Å². The number of carbonyl (C=O) groups excluding carboxylic acids is 3. The van der Waals surface area contributed by atoms with Crippen LogP contribution in [0.2, 0.25) is 0 Å². The standard InChI is InChI=1S/C43H41N3O6/c47-32-15-18-35-39(23-32)52-27-37(30-8-2-1-3-9-30)41(35)31-13-16-33(17-14-31)51-22-21-45-24-28(25-45)7-4-5-10-29-11-6-12-34-36(29)26-46(43(34)50)38-19-20-40(48)44-42(38)49/h1-3,6,8-9,11-18,23,28,37-38,41,47H,4,7,19-22,24-27H2,(H,44,48,49)/t37-,38?,41-/m1/s1. The number of fused-ring (bicyclic) bond motifs is 2. The van der Waals surface area contributed by atoms with Crippen LogP contribution in [0.25, 0.3) is 0 Å². The molecule has 2 N–H and O–H groups in total. The summed E-state index contributed by atoms with van der Waals surface area (Å²) in [6, 6.07) is 29.2. The van der Waals surface area contributed by atoms with Crippen LogP contribution in [0.1, 0.15) is 75.7 Å². The Morgan fingerprint density at radius 2 is 1.75 bits per heavy atom. The number of phenols is 1. The zero-order valence-corrected chi connectivity index (χ0v) is 28.9. The minimum absolute atomic E-state index is 0.0940. The molecule has 0 radical (unpaired) electrons. The Bertz CT molecular complexity index is 2050. The first-order valence-electron chi connectivity index (χ1n) is 18.1. The molecule has 0 spiro atoms. The van der Waals surface area contributed by atoms with Crippen LogP contribution in [0.5, 0.6) is 17.2 Å². The number of aromatic hydroxyl groups is 1. The number of nitrogens with zero attached hydrogens (tertiary/aromatic N) is 2. The molecule has 2 saturated heterocycles. The molecule has 1 unspecified atom stereocenters. The van der Waals surface area contributed by atoms with Gasteiger partial charge < -0.3 is 19.5 Å². The van der Waals surface area contributed by atoms with Gasteiger partial charge in [0.1, 0.15) is 29.9 Å². The molecule has 3 atom stereocenters. The molecule has 0 bridgehead atoms. The van der Waals surface area contributed by atoms with Gasteiger partial charge in [0.25, 0.3) is 5.91 Å². The molecule has 4 aliphatic rings. The highest BCUT2D eigenvalue weighted by Gasteiger charge is 2.40. The van der Waals surface area contributed by atoms with Crippen molar-refractivity contribution >= 4 is 17.7 Å². The summed E-state index contributed by atoms with van der Waals surface area (Å²) in [7, 11) is 0. The Morgan fingerprint density at radius 1 is 0.923 bits per heavy atom. The minimum atomic E-state index is -0.627. The Balaban J connectivity index is 0.801. The summed E-state index contributed by atoms with van der Waals surface area (Å²) in [6.07, 6.45) is 2.38. The van der Waals surface area contributed by atoms with Crippen LogP contribution >= 0.6 is 0 Å². The van der Waals surface area contributed by atoms with Gasteiger partial charge in [-0.05, 0) is 65.8 Å². The second-order valence-electron chi connectivity index (χ2n) is 14.1. The fourth-order valence-electron chi connectivity index (χ4n) is 8.04. The Hall–Kier alpha value is -5.59. The highest BCUT2D eigenvalue weighted by Crippen LogP contribution is 2.47. The summed E-state index contributed by atoms with van der Waals surface area (Å²) in [5.74, 6) is 8.35. The topological polar surface area (TPSA) is 108 Å². The summed E-state index contributed by atoms with van der Waals surface area (Å²) >= 11 is 0. The number of imide groups is 1. The van der Waals surface area contributed by atoms with E-state index in [0.29, 0.717) is 37.7 Å². The zero-order valence-electron chi connectivity index (χ0n) is 28.9. The number of benzene rings is 4. The van der Waals surface area contributed by atoms with E-state index in [4.69, 9.17) is 9.47 Å². The summed E-state index contributed by atoms with van der Waals surface area (Å²) in [5.41, 5.74) is 5.76. The maximum atomic E-state index is 13.1. The average molecular weight is 696 g/mol. The van der Waals surface area contributed by atoms with Crippen LogP contribution in [0, 0.1) is 17.8 Å². The van der Waals surface area contributed by atoms with Crippen LogP contribution in [0.4, 0.5) is 0 Å². The number of piperidine rings is 1. The van der Waals surface area contributed by atoms with Crippen molar-refractivity contribution < 1.29 is 29.0 Å². The van der Waals surface area contributed by atoms with Crippen molar-refractivity contribution in [2.45, 2.75) is 50.1 Å². The first kappa shape index (κ1) is 33.5. The number of phenolic OH excluding ortho intramolecular Hbond substituents is 1. The Labute approximate surface area is 303 Å². The smallest absolute Gasteiger partial charge is 0.255 e. The molecule has 4 aromatic carbocycles. The molecule has 264 valence electrons. The maximum absolute atomic E-state index is 13.1. The van der Waals surface area contributed by atoms with Gasteiger partial charge in [-0.3, -0.25) is 24.6 Å². The van der Waals surface area contributed by atoms with E-state index in [0.717, 1.165) is 60.7 Å². The van der Waals surface area contributed by atoms with Crippen LogP contribution in [-0.2, 0) is 16.1 Å². The summed E-state index contributed by atoms with van der Waals surface area (Å²) < 4.78 is 12.3. The van der Waals surface area contributed by atoms with Gasteiger partial charge >= 0.3 is 0 Å². The first-order valence-corrected chi connectivity index (χ1v) is 18.1. The number of likely N-dealkylation sites (tertiary alicyclic amines) is 1. The molecule has 0 aliphatic carbocycles. The number of nitrogens with one attached hydrogen (secondary N) is 1. The van der Waals surface area contributed by atoms with Gasteiger partial charge in [0.2, 0.25) is 11.8 Å². The van der Waals surface area contributed by atoms with Crippen molar-refractivity contribution in [3.63, 3.8) is 0 Å². The molecule has 52 heavy (non-hydrogen) atoms. The predicted molar refractivity (Wildman–Crippen MR) is 195 cm³/mol. The predicted octanol–water partition coefficient (Wildman–Crippen LogP) is 5.60. The lowest BCUT2D eigenvalue weighted by Crippen LogP contribution is -2.52. The van der Waals surface area contributed by atoms with Gasteiger partial charge in [-0.1, -0.05) is 66.4 Å². The number of carbonyl (C=O) groups is 3. The number of ether oxygens (including phenoxy) is 2. The fourth-order valence-corrected chi connectivity index (χ4v) is 8.04. The third-order valence-electron chi connectivity index (χ3n) is 10.8. The largest absolute Gasteiger partial charge is 0.508 e. The summed E-state index contributed by atoms with van der Waals surface area (Å²) in [4.78, 5) is 41.1. The highest BCUT2D eigenvalue weighted by atomic mass is 16.5. The summed E-state index contributed by atoms with van der Waals surface area (Å²) in [6.45, 7) is 4.41. The van der Waals surface area contributed by atoms with Gasteiger partial charge in [0.15, 0.2) is 0 Å². The van der Waals surface area contributed by atoms with E-state index < -0.39 is 11.9 Å². The van der Waals surface area contributed by atoms with E-state index in [-0.39, 0.29) is 35.8 Å². The van der Waals surface area contributed by atoms with E-state index in [9.17, 15) is 19.5 Å². The zero-order chi connectivity index (χ0) is 35.6. The molecule has 3 amide bonds. The lowest BCUT2D eigenvalue weighted by molar-refractivity contribution is -0.136. The van der Waals surface area contributed by atoms with Crippen molar-refractivity contribution in [3.8, 4) is 29.1 Å². The fraction of sp³-hybridized carbons (Fsp3) is 0.326. The number of hydrogen-bond acceptors (Lipinski definition) is 7. The van der Waals surface area contributed by atoms with Crippen molar-refractivity contribution in [2.75, 3.05) is 32.8 Å². The van der Waals surface area contributed by atoms with Gasteiger partial charge in [0.05, 0.1) is 6.61 Å². The lowest BCUT2D eigenvalue weighted by Gasteiger charge is -2.39. The minimum Gasteiger partial charge on any atom is -0.508 e. The van der Waals surface area contributed by atoms with Crippen molar-refractivity contribution in [1.29, 1.82) is 0 Å². The molecule has 2 fully saturated rings. The number of rotatable bonds is 9. The van der Waals surface area contributed by atoms with Crippen molar-refractivity contribution in [1.82, 2.24) is 15.1 Å². The molecule has 8 rings (SSSR count). The van der Waals surface area contributed by atoms with Crippen molar-refractivity contribution in [3.05, 3.63) is 124 Å². The number of hydrogen-bond donors (Lipinski definition) is 2. The van der Waals surface area contributed by atoms with Crippen molar-refractivity contribution in [2.24, 2.45) is 5.92 Å². The third-order valence-corrected chi connectivity index (χ3v) is 10.8. The van der Waals surface area contributed by atoms with E-state index in [2.05, 4.69) is 70.6 Å². The molecule has 4 heterocycles. The lowest BCUT2D eigenvalue weighted by atomic mass is 9.76. The second kappa shape index (κ2) is 14.6. The van der Waals surface area contributed by atoms with E-state index in [1.807, 2.05) is 24.3 Å². The third kappa shape index (κ3) is 6.87. The highest BCUT2D eigenvalue weighted by molar-refractivity contribution is 6.05. The quantitative estimate of drug-likeness (QED) is 0.173.